The Morgan fingerprint density at radius 3 is 2.32 bits per heavy atom. The second-order valence-electron chi connectivity index (χ2n) is 6.93. The van der Waals surface area contributed by atoms with Crippen molar-refractivity contribution in [2.45, 2.75) is 71.1 Å². The van der Waals surface area contributed by atoms with E-state index in [1.807, 2.05) is 20.8 Å². The fraction of sp³-hybridized carbons (Fsp3) is 0.933. The van der Waals surface area contributed by atoms with Gasteiger partial charge in [-0.2, -0.15) is 0 Å². The average molecular weight is 269 g/mol. The summed E-state index contributed by atoms with van der Waals surface area (Å²) in [6, 6.07) is 0. The zero-order valence-electron chi connectivity index (χ0n) is 12.7. The van der Waals surface area contributed by atoms with Gasteiger partial charge in [0.2, 0.25) is 0 Å². The molecule has 2 fully saturated rings. The lowest BCUT2D eigenvalue weighted by molar-refractivity contribution is -0.0873. The molecule has 0 radical (unpaired) electrons. The molecule has 2 rings (SSSR count). The summed E-state index contributed by atoms with van der Waals surface area (Å²) in [6.45, 7) is 6.46. The Hall–Kier alpha value is -0.770. The predicted octanol–water partition coefficient (Wildman–Crippen LogP) is 3.55. The zero-order valence-corrected chi connectivity index (χ0v) is 12.7. The molecule has 1 saturated carbocycles. The van der Waals surface area contributed by atoms with Crippen LogP contribution in [0.2, 0.25) is 0 Å². The molecule has 2 aliphatic rings. The number of ether oxygens (including phenoxy) is 2. The minimum absolute atomic E-state index is 0.109. The van der Waals surface area contributed by atoms with E-state index < -0.39 is 5.60 Å². The molecule has 1 aliphatic carbocycles. The first-order chi connectivity index (χ1) is 8.88. The maximum absolute atomic E-state index is 12.3. The summed E-state index contributed by atoms with van der Waals surface area (Å²) in [5, 5.41) is 0. The summed E-state index contributed by atoms with van der Waals surface area (Å²) in [7, 11) is 1.71. The Morgan fingerprint density at radius 2 is 1.79 bits per heavy atom. The molecule has 0 aromatic rings. The van der Waals surface area contributed by atoms with Crippen molar-refractivity contribution < 1.29 is 14.3 Å². The van der Waals surface area contributed by atoms with Gasteiger partial charge in [-0.3, -0.25) is 4.90 Å². The third-order valence-electron chi connectivity index (χ3n) is 4.36. The van der Waals surface area contributed by atoms with Gasteiger partial charge in [-0.15, -0.1) is 0 Å². The standard InChI is InChI=1S/C15H27NO3/c1-14(2,3)19-13(17)16-11-10-15(12(16)18-4)8-6-5-7-9-15/h12H,5-11H2,1-4H3. The monoisotopic (exact) mass is 269 g/mol. The van der Waals surface area contributed by atoms with E-state index >= 15 is 0 Å². The number of nitrogens with zero attached hydrogens (tertiary/aromatic N) is 1. The molecule has 0 aromatic carbocycles. The van der Waals surface area contributed by atoms with Crippen molar-refractivity contribution in [2.24, 2.45) is 5.41 Å². The van der Waals surface area contributed by atoms with Crippen molar-refractivity contribution in [1.29, 1.82) is 0 Å². The highest BCUT2D eigenvalue weighted by atomic mass is 16.6. The Bertz CT molecular complexity index is 329. The second kappa shape index (κ2) is 5.31. The van der Waals surface area contributed by atoms with Crippen LogP contribution in [0.4, 0.5) is 4.79 Å². The number of likely N-dealkylation sites (tertiary alicyclic amines) is 1. The van der Waals surface area contributed by atoms with Gasteiger partial charge in [0.05, 0.1) is 0 Å². The Labute approximate surface area is 116 Å². The Kier molecular flexibility index (Phi) is 4.09. The summed E-state index contributed by atoms with van der Waals surface area (Å²) in [5.74, 6) is 0. The van der Waals surface area contributed by atoms with E-state index in [0.29, 0.717) is 0 Å². The average Bonchev–Trinajstić information content (AvgIpc) is 2.66. The van der Waals surface area contributed by atoms with Gasteiger partial charge in [-0.25, -0.2) is 4.79 Å². The van der Waals surface area contributed by atoms with Gasteiger partial charge in [0.25, 0.3) is 0 Å². The number of rotatable bonds is 1. The lowest BCUT2D eigenvalue weighted by Crippen LogP contribution is -2.46. The third-order valence-corrected chi connectivity index (χ3v) is 4.36. The van der Waals surface area contributed by atoms with E-state index in [4.69, 9.17) is 9.47 Å². The molecule has 1 spiro atoms. The molecule has 19 heavy (non-hydrogen) atoms. The van der Waals surface area contributed by atoms with Crippen molar-refractivity contribution in [3.63, 3.8) is 0 Å². The lowest BCUT2D eigenvalue weighted by Gasteiger charge is -2.39. The molecule has 1 unspecified atom stereocenters. The van der Waals surface area contributed by atoms with E-state index in [0.717, 1.165) is 13.0 Å². The van der Waals surface area contributed by atoms with Crippen LogP contribution in [0.1, 0.15) is 59.3 Å². The largest absolute Gasteiger partial charge is 0.444 e. The first-order valence-electron chi connectivity index (χ1n) is 7.40. The van der Waals surface area contributed by atoms with Gasteiger partial charge >= 0.3 is 6.09 Å². The zero-order chi connectivity index (χ0) is 14.1. The molecule has 1 atom stereocenters. The minimum atomic E-state index is -0.447. The quantitative estimate of drug-likeness (QED) is 0.730. The van der Waals surface area contributed by atoms with Crippen LogP contribution in [0.15, 0.2) is 0 Å². The fourth-order valence-electron chi connectivity index (χ4n) is 3.55. The van der Waals surface area contributed by atoms with E-state index in [9.17, 15) is 4.79 Å². The number of methoxy groups -OCH3 is 1. The minimum Gasteiger partial charge on any atom is -0.444 e. The summed E-state index contributed by atoms with van der Waals surface area (Å²) < 4.78 is 11.2. The normalized spacial score (nSPS) is 26.7. The Balaban J connectivity index is 2.08. The highest BCUT2D eigenvalue weighted by molar-refractivity contribution is 5.69. The first-order valence-corrected chi connectivity index (χ1v) is 7.40. The van der Waals surface area contributed by atoms with Gasteiger partial charge < -0.3 is 9.47 Å². The number of hydrogen-bond acceptors (Lipinski definition) is 3. The number of hydrogen-bond donors (Lipinski definition) is 0. The summed E-state index contributed by atoms with van der Waals surface area (Å²) in [4.78, 5) is 14.1. The summed E-state index contributed by atoms with van der Waals surface area (Å²) in [5.41, 5.74) is -0.276. The predicted molar refractivity (Wildman–Crippen MR) is 73.9 cm³/mol. The van der Waals surface area contributed by atoms with E-state index in [1.165, 1.54) is 32.1 Å². The number of amides is 1. The molecule has 0 bridgehead atoms. The van der Waals surface area contributed by atoms with Crippen LogP contribution in [0.25, 0.3) is 0 Å². The van der Waals surface area contributed by atoms with Crippen LogP contribution in [-0.2, 0) is 9.47 Å². The van der Waals surface area contributed by atoms with Gasteiger partial charge in [-0.1, -0.05) is 19.3 Å². The molecule has 1 saturated heterocycles. The molecule has 110 valence electrons. The molecule has 4 heteroatoms. The van der Waals surface area contributed by atoms with E-state index in [1.54, 1.807) is 12.0 Å². The van der Waals surface area contributed by atoms with Crippen LogP contribution in [-0.4, -0.2) is 36.5 Å². The second-order valence-corrected chi connectivity index (χ2v) is 6.93. The van der Waals surface area contributed by atoms with Crippen LogP contribution in [0.3, 0.4) is 0 Å². The topological polar surface area (TPSA) is 38.8 Å². The number of carbonyl (C=O) groups excluding carboxylic acids is 1. The molecule has 4 nitrogen and oxygen atoms in total. The van der Waals surface area contributed by atoms with Gasteiger partial charge in [0.15, 0.2) is 0 Å². The van der Waals surface area contributed by atoms with Crippen molar-refractivity contribution >= 4 is 6.09 Å². The van der Waals surface area contributed by atoms with Gasteiger partial charge in [0, 0.05) is 19.1 Å². The van der Waals surface area contributed by atoms with Crippen molar-refractivity contribution in [1.82, 2.24) is 4.90 Å². The molecule has 1 amide bonds. The van der Waals surface area contributed by atoms with Gasteiger partial charge in [-0.05, 0) is 40.0 Å². The highest BCUT2D eigenvalue weighted by Gasteiger charge is 2.50. The maximum atomic E-state index is 12.3. The summed E-state index contributed by atoms with van der Waals surface area (Å²) >= 11 is 0. The Morgan fingerprint density at radius 1 is 1.16 bits per heavy atom. The fourth-order valence-corrected chi connectivity index (χ4v) is 3.55. The third kappa shape index (κ3) is 3.04. The highest BCUT2D eigenvalue weighted by Crippen LogP contribution is 2.48. The lowest BCUT2D eigenvalue weighted by atomic mass is 9.72. The number of carbonyl (C=O) groups is 1. The smallest absolute Gasteiger partial charge is 0.412 e. The van der Waals surface area contributed by atoms with Gasteiger partial charge in [0.1, 0.15) is 11.8 Å². The van der Waals surface area contributed by atoms with Crippen molar-refractivity contribution in [3.05, 3.63) is 0 Å². The molecule has 0 N–H and O–H groups in total. The summed E-state index contributed by atoms with van der Waals surface area (Å²) in [6.07, 6.45) is 6.86. The molecule has 0 aromatic heterocycles. The SMILES string of the molecule is COC1N(C(=O)OC(C)(C)C)CCC12CCCCC2. The molecular formula is C15H27NO3. The van der Waals surface area contributed by atoms with Crippen molar-refractivity contribution in [3.8, 4) is 0 Å². The first kappa shape index (κ1) is 14.6. The van der Waals surface area contributed by atoms with Crippen LogP contribution in [0, 0.1) is 5.41 Å². The molecule has 1 aliphatic heterocycles. The van der Waals surface area contributed by atoms with E-state index in [-0.39, 0.29) is 17.7 Å². The van der Waals surface area contributed by atoms with E-state index in [2.05, 4.69) is 0 Å². The van der Waals surface area contributed by atoms with Crippen LogP contribution in [0.5, 0.6) is 0 Å². The molecular weight excluding hydrogens is 242 g/mol. The maximum Gasteiger partial charge on any atom is 0.412 e. The van der Waals surface area contributed by atoms with Crippen molar-refractivity contribution in [2.75, 3.05) is 13.7 Å². The van der Waals surface area contributed by atoms with Crippen LogP contribution >= 0.6 is 0 Å². The van der Waals surface area contributed by atoms with Crippen LogP contribution < -0.4 is 0 Å². The molecule has 1 heterocycles.